The Kier molecular flexibility index (Phi) is 4.50. The molecule has 98 valence electrons. The maximum Gasteiger partial charge on any atom is 0.339 e. The molecule has 2 unspecified atom stereocenters. The smallest absolute Gasteiger partial charge is 0.339 e. The number of rotatable bonds is 3. The third-order valence-corrected chi connectivity index (χ3v) is 6.18. The van der Waals surface area contributed by atoms with Gasteiger partial charge >= 0.3 is 5.97 Å². The summed E-state index contributed by atoms with van der Waals surface area (Å²) in [5.41, 5.74) is 0.749. The molecule has 0 aromatic carbocycles. The van der Waals surface area contributed by atoms with E-state index >= 15 is 0 Å². The summed E-state index contributed by atoms with van der Waals surface area (Å²) < 4.78 is 0. The highest BCUT2D eigenvalue weighted by Gasteiger charge is 2.29. The third-order valence-electron chi connectivity index (χ3n) is 2.94. The van der Waals surface area contributed by atoms with Gasteiger partial charge in [0.2, 0.25) is 0 Å². The molecule has 2 rings (SSSR count). The van der Waals surface area contributed by atoms with Crippen molar-refractivity contribution in [3.8, 4) is 0 Å². The lowest BCUT2D eigenvalue weighted by Gasteiger charge is -2.28. The number of aromatic nitrogens is 2. The van der Waals surface area contributed by atoms with E-state index in [2.05, 4.69) is 16.9 Å². The van der Waals surface area contributed by atoms with Crippen molar-refractivity contribution in [2.45, 2.75) is 30.8 Å². The lowest BCUT2D eigenvalue weighted by Crippen LogP contribution is -2.21. The highest BCUT2D eigenvalue weighted by atomic mass is 32.2. The average Bonchev–Trinajstić information content (AvgIpc) is 2.38. The fourth-order valence-corrected chi connectivity index (χ4v) is 4.97. The van der Waals surface area contributed by atoms with Crippen molar-refractivity contribution in [1.29, 1.82) is 0 Å². The second kappa shape index (κ2) is 5.93. The molecule has 0 radical (unpaired) electrons. The maximum atomic E-state index is 10.9. The number of carbonyl (C=O) groups is 1. The second-order valence-electron chi connectivity index (χ2n) is 4.14. The molecule has 1 aromatic heterocycles. The molecule has 1 saturated heterocycles. The van der Waals surface area contributed by atoms with Gasteiger partial charge in [0.15, 0.2) is 0 Å². The Morgan fingerprint density at radius 3 is 2.83 bits per heavy atom. The average molecular weight is 284 g/mol. The molecule has 1 aliphatic heterocycles. The van der Waals surface area contributed by atoms with Crippen molar-refractivity contribution in [1.82, 2.24) is 9.97 Å². The molecule has 0 saturated carbocycles. The zero-order chi connectivity index (χ0) is 13.1. The molecule has 2 heterocycles. The minimum Gasteiger partial charge on any atom is -0.478 e. The first-order valence-electron chi connectivity index (χ1n) is 5.93. The number of hydrogen-bond acceptors (Lipinski definition) is 5. The monoisotopic (exact) mass is 284 g/mol. The van der Waals surface area contributed by atoms with Crippen LogP contribution in [0.2, 0.25) is 0 Å². The minimum absolute atomic E-state index is 0.195. The van der Waals surface area contributed by atoms with Crippen LogP contribution in [0.25, 0.3) is 0 Å². The van der Waals surface area contributed by atoms with Crippen LogP contribution in [0, 0.1) is 6.92 Å². The van der Waals surface area contributed by atoms with Gasteiger partial charge in [0.1, 0.15) is 5.82 Å². The van der Waals surface area contributed by atoms with Crippen LogP contribution in [0.4, 0.5) is 0 Å². The molecule has 0 bridgehead atoms. The van der Waals surface area contributed by atoms with Gasteiger partial charge in [-0.1, -0.05) is 6.92 Å². The van der Waals surface area contributed by atoms with E-state index in [9.17, 15) is 4.79 Å². The highest BCUT2D eigenvalue weighted by Crippen LogP contribution is 2.42. The molecular weight excluding hydrogens is 268 g/mol. The molecular formula is C12H16N2O2S2. The van der Waals surface area contributed by atoms with Crippen molar-refractivity contribution in [2.24, 2.45) is 0 Å². The Morgan fingerprint density at radius 1 is 1.50 bits per heavy atom. The van der Waals surface area contributed by atoms with E-state index in [-0.39, 0.29) is 10.8 Å². The molecule has 1 aliphatic rings. The van der Waals surface area contributed by atoms with Crippen LogP contribution >= 0.6 is 23.5 Å². The summed E-state index contributed by atoms with van der Waals surface area (Å²) in [5.74, 6) is 2.10. The molecule has 0 amide bonds. The van der Waals surface area contributed by atoms with E-state index in [1.807, 2.05) is 23.5 Å². The minimum atomic E-state index is -0.961. The summed E-state index contributed by atoms with van der Waals surface area (Å²) in [6, 6.07) is 0. The van der Waals surface area contributed by atoms with Crippen LogP contribution in [0.1, 0.15) is 40.5 Å². The highest BCUT2D eigenvalue weighted by molar-refractivity contribution is 8.06. The number of aromatic carboxylic acids is 1. The van der Waals surface area contributed by atoms with Crippen molar-refractivity contribution < 1.29 is 9.90 Å². The first kappa shape index (κ1) is 13.7. The standard InChI is InChI=1S/C12H16N2O2S2/c1-3-9-10(18-5-4-17-9)11-13-6-8(12(15)16)7(2)14-11/h6,9-10H,3-5H2,1-2H3,(H,15,16). The van der Waals surface area contributed by atoms with E-state index in [4.69, 9.17) is 5.11 Å². The number of hydrogen-bond donors (Lipinski definition) is 1. The predicted molar refractivity (Wildman–Crippen MR) is 75.5 cm³/mol. The quantitative estimate of drug-likeness (QED) is 0.921. The van der Waals surface area contributed by atoms with Crippen molar-refractivity contribution >= 4 is 29.5 Å². The first-order valence-corrected chi connectivity index (χ1v) is 8.03. The Hall–Kier alpha value is -0.750. The zero-order valence-electron chi connectivity index (χ0n) is 10.4. The largest absolute Gasteiger partial charge is 0.478 e. The van der Waals surface area contributed by atoms with Gasteiger partial charge in [0.25, 0.3) is 0 Å². The van der Waals surface area contributed by atoms with Gasteiger partial charge in [0.05, 0.1) is 16.5 Å². The molecule has 1 aromatic rings. The normalized spacial score (nSPS) is 23.9. The van der Waals surface area contributed by atoms with Gasteiger partial charge in [-0.2, -0.15) is 11.8 Å². The summed E-state index contributed by atoms with van der Waals surface area (Å²) in [5, 5.41) is 9.79. The van der Waals surface area contributed by atoms with Crippen LogP contribution in [-0.2, 0) is 0 Å². The molecule has 2 atom stereocenters. The molecule has 0 aliphatic carbocycles. The fraction of sp³-hybridized carbons (Fsp3) is 0.583. The van der Waals surface area contributed by atoms with Crippen molar-refractivity contribution in [3.63, 3.8) is 0 Å². The SMILES string of the molecule is CCC1SCCSC1c1ncc(C(=O)O)c(C)n1. The summed E-state index contributed by atoms with van der Waals surface area (Å²) in [4.78, 5) is 19.6. The van der Waals surface area contributed by atoms with Gasteiger partial charge in [-0.15, -0.1) is 11.8 Å². The number of carboxylic acid groups (broad SMARTS) is 1. The number of nitrogens with zero attached hydrogens (tertiary/aromatic N) is 2. The second-order valence-corrected chi connectivity index (χ2v) is 6.74. The zero-order valence-corrected chi connectivity index (χ0v) is 12.1. The van der Waals surface area contributed by atoms with E-state index in [1.54, 1.807) is 6.92 Å². The van der Waals surface area contributed by atoms with Crippen molar-refractivity contribution in [2.75, 3.05) is 11.5 Å². The predicted octanol–water partition coefficient (Wildman–Crippen LogP) is 2.78. The topological polar surface area (TPSA) is 63.1 Å². The summed E-state index contributed by atoms with van der Waals surface area (Å²) in [7, 11) is 0. The van der Waals surface area contributed by atoms with Gasteiger partial charge in [-0.05, 0) is 13.3 Å². The molecule has 6 heteroatoms. The van der Waals surface area contributed by atoms with Crippen LogP contribution in [0.5, 0.6) is 0 Å². The van der Waals surface area contributed by atoms with E-state index < -0.39 is 5.97 Å². The number of aryl methyl sites for hydroxylation is 1. The third kappa shape index (κ3) is 2.80. The Bertz CT molecular complexity index is 454. The fourth-order valence-electron chi connectivity index (χ4n) is 1.97. The Morgan fingerprint density at radius 2 is 2.22 bits per heavy atom. The van der Waals surface area contributed by atoms with E-state index in [0.717, 1.165) is 18.0 Å². The van der Waals surface area contributed by atoms with Gasteiger partial charge in [0, 0.05) is 23.0 Å². The Labute approximate surface area is 115 Å². The van der Waals surface area contributed by atoms with Crippen LogP contribution in [-0.4, -0.2) is 37.8 Å². The summed E-state index contributed by atoms with van der Waals surface area (Å²) in [6.45, 7) is 3.91. The van der Waals surface area contributed by atoms with E-state index in [1.165, 1.54) is 11.9 Å². The molecule has 1 fully saturated rings. The van der Waals surface area contributed by atoms with Crippen LogP contribution < -0.4 is 0 Å². The van der Waals surface area contributed by atoms with Crippen LogP contribution in [0.15, 0.2) is 6.20 Å². The Balaban J connectivity index is 2.27. The molecule has 18 heavy (non-hydrogen) atoms. The maximum absolute atomic E-state index is 10.9. The number of thioether (sulfide) groups is 2. The number of carboxylic acids is 1. The molecule has 4 nitrogen and oxygen atoms in total. The van der Waals surface area contributed by atoms with E-state index in [0.29, 0.717) is 10.9 Å². The van der Waals surface area contributed by atoms with Gasteiger partial charge < -0.3 is 5.11 Å². The van der Waals surface area contributed by atoms with Gasteiger partial charge in [-0.25, -0.2) is 14.8 Å². The molecule has 1 N–H and O–H groups in total. The van der Waals surface area contributed by atoms with Crippen molar-refractivity contribution in [3.05, 3.63) is 23.3 Å². The lowest BCUT2D eigenvalue weighted by molar-refractivity contribution is 0.0695. The lowest BCUT2D eigenvalue weighted by atomic mass is 10.2. The first-order chi connectivity index (χ1) is 8.63. The van der Waals surface area contributed by atoms with Crippen LogP contribution in [0.3, 0.4) is 0 Å². The van der Waals surface area contributed by atoms with Gasteiger partial charge in [-0.3, -0.25) is 0 Å². The summed E-state index contributed by atoms with van der Waals surface area (Å²) in [6.07, 6.45) is 2.53. The molecule has 0 spiro atoms. The summed E-state index contributed by atoms with van der Waals surface area (Å²) >= 11 is 3.84.